The molecule has 1 aromatic heterocycles. The van der Waals surface area contributed by atoms with Crippen LogP contribution in [0.1, 0.15) is 5.69 Å². The zero-order chi connectivity index (χ0) is 11.3. The van der Waals surface area contributed by atoms with Gasteiger partial charge < -0.3 is 10.4 Å². The summed E-state index contributed by atoms with van der Waals surface area (Å²) in [7, 11) is 0. The highest BCUT2D eigenvalue weighted by molar-refractivity contribution is 5.46. The van der Waals surface area contributed by atoms with Gasteiger partial charge in [-0.25, -0.2) is 18.7 Å². The predicted octanol–water partition coefficient (Wildman–Crippen LogP) is 0.386. The van der Waals surface area contributed by atoms with E-state index < -0.39 is 12.5 Å². The highest BCUT2D eigenvalue weighted by Crippen LogP contribution is 2.07. The van der Waals surface area contributed by atoms with Crippen molar-refractivity contribution in [2.75, 3.05) is 11.9 Å². The Labute approximate surface area is 84.4 Å². The number of aliphatic hydroxyl groups is 1. The van der Waals surface area contributed by atoms with Crippen LogP contribution >= 0.6 is 0 Å². The van der Waals surface area contributed by atoms with Crippen LogP contribution in [-0.2, 0) is 0 Å². The van der Waals surface area contributed by atoms with Crippen LogP contribution in [0.25, 0.3) is 0 Å². The van der Waals surface area contributed by atoms with Crippen molar-refractivity contribution in [1.29, 1.82) is 5.26 Å². The molecule has 0 saturated heterocycles. The average Bonchev–Trinajstić information content (AvgIpc) is 2.26. The first-order valence-corrected chi connectivity index (χ1v) is 4.06. The molecule has 0 aliphatic heterocycles. The molecule has 0 aromatic carbocycles. The summed E-state index contributed by atoms with van der Waals surface area (Å²) < 4.78 is 23.8. The van der Waals surface area contributed by atoms with Gasteiger partial charge in [0.25, 0.3) is 6.43 Å². The Morgan fingerprint density at radius 3 is 2.73 bits per heavy atom. The van der Waals surface area contributed by atoms with Crippen LogP contribution in [0.5, 0.6) is 0 Å². The molecule has 1 atom stereocenters. The summed E-state index contributed by atoms with van der Waals surface area (Å²) >= 11 is 0. The molecule has 5 nitrogen and oxygen atoms in total. The molecule has 1 rings (SSSR count). The smallest absolute Gasteiger partial charge is 0.265 e. The van der Waals surface area contributed by atoms with Crippen molar-refractivity contribution in [3.63, 3.8) is 0 Å². The van der Waals surface area contributed by atoms with E-state index in [0.717, 1.165) is 0 Å². The first-order valence-electron chi connectivity index (χ1n) is 4.06. The Hall–Kier alpha value is -1.81. The molecular formula is C8H8F2N4O. The molecular weight excluding hydrogens is 206 g/mol. The van der Waals surface area contributed by atoms with Gasteiger partial charge in [0.05, 0.1) is 0 Å². The Morgan fingerprint density at radius 1 is 1.47 bits per heavy atom. The van der Waals surface area contributed by atoms with Crippen LogP contribution in [0, 0.1) is 11.3 Å². The quantitative estimate of drug-likeness (QED) is 0.757. The lowest BCUT2D eigenvalue weighted by Gasteiger charge is -2.10. The minimum atomic E-state index is -2.83. The Kier molecular flexibility index (Phi) is 3.88. The number of anilines is 1. The molecule has 1 heterocycles. The van der Waals surface area contributed by atoms with Crippen molar-refractivity contribution in [3.05, 3.63) is 18.1 Å². The maximum atomic E-state index is 11.9. The third-order valence-corrected chi connectivity index (χ3v) is 1.57. The lowest BCUT2D eigenvalue weighted by atomic mass is 10.3. The monoisotopic (exact) mass is 214 g/mol. The van der Waals surface area contributed by atoms with Crippen LogP contribution in [0.15, 0.2) is 12.4 Å². The maximum absolute atomic E-state index is 11.9. The molecule has 7 heteroatoms. The van der Waals surface area contributed by atoms with Gasteiger partial charge in [0.1, 0.15) is 12.2 Å². The van der Waals surface area contributed by atoms with Crippen molar-refractivity contribution < 1.29 is 13.9 Å². The second-order valence-electron chi connectivity index (χ2n) is 2.65. The number of hydrogen-bond acceptors (Lipinski definition) is 5. The van der Waals surface area contributed by atoms with E-state index in [0.29, 0.717) is 0 Å². The minimum Gasteiger partial charge on any atom is -0.385 e. The van der Waals surface area contributed by atoms with Gasteiger partial charge in [0.15, 0.2) is 11.5 Å². The molecule has 0 aliphatic carbocycles. The van der Waals surface area contributed by atoms with Crippen molar-refractivity contribution in [2.45, 2.75) is 12.5 Å². The molecule has 15 heavy (non-hydrogen) atoms. The SMILES string of the molecule is N#Cc1nccnc1NCC(O)C(F)F. The summed E-state index contributed by atoms with van der Waals surface area (Å²) in [6.07, 6.45) is -2.00. The summed E-state index contributed by atoms with van der Waals surface area (Å²) in [4.78, 5) is 7.39. The number of aromatic nitrogens is 2. The molecule has 1 unspecified atom stereocenters. The predicted molar refractivity (Wildman–Crippen MR) is 47.2 cm³/mol. The van der Waals surface area contributed by atoms with Gasteiger partial charge >= 0.3 is 0 Å². The lowest BCUT2D eigenvalue weighted by molar-refractivity contribution is 0.00380. The van der Waals surface area contributed by atoms with E-state index in [1.165, 1.54) is 12.4 Å². The van der Waals surface area contributed by atoms with Gasteiger partial charge in [-0.1, -0.05) is 0 Å². The van der Waals surface area contributed by atoms with E-state index in [-0.39, 0.29) is 18.1 Å². The molecule has 0 aliphatic rings. The number of alkyl halides is 2. The van der Waals surface area contributed by atoms with E-state index in [2.05, 4.69) is 15.3 Å². The second-order valence-corrected chi connectivity index (χ2v) is 2.65. The normalized spacial score (nSPS) is 12.2. The minimum absolute atomic E-state index is 0.000957. The number of nitriles is 1. The maximum Gasteiger partial charge on any atom is 0.265 e. The molecule has 0 spiro atoms. The number of nitrogens with one attached hydrogen (secondary N) is 1. The van der Waals surface area contributed by atoms with Crippen LogP contribution in [0.4, 0.5) is 14.6 Å². The van der Waals surface area contributed by atoms with E-state index in [4.69, 9.17) is 10.4 Å². The first-order chi connectivity index (χ1) is 7.15. The Bertz CT molecular complexity index is 366. The van der Waals surface area contributed by atoms with Gasteiger partial charge in [-0.05, 0) is 0 Å². The molecule has 0 bridgehead atoms. The fourth-order valence-electron chi connectivity index (χ4n) is 0.840. The summed E-state index contributed by atoms with van der Waals surface area (Å²) in [5, 5.41) is 19.8. The standard InChI is InChI=1S/C8H8F2N4O/c9-7(10)6(15)4-14-8-5(3-11)12-1-2-13-8/h1-2,6-7,15H,4H2,(H,13,14). The molecule has 0 amide bonds. The largest absolute Gasteiger partial charge is 0.385 e. The van der Waals surface area contributed by atoms with E-state index in [1.807, 2.05) is 0 Å². The number of hydrogen-bond donors (Lipinski definition) is 2. The Morgan fingerprint density at radius 2 is 2.13 bits per heavy atom. The Balaban J connectivity index is 2.62. The summed E-state index contributed by atoms with van der Waals surface area (Å²) in [6.45, 7) is -0.384. The first kappa shape index (κ1) is 11.3. The van der Waals surface area contributed by atoms with Crippen molar-refractivity contribution in [3.8, 4) is 6.07 Å². The molecule has 0 fully saturated rings. The van der Waals surface area contributed by atoms with Gasteiger partial charge in [-0.2, -0.15) is 5.26 Å². The fraction of sp³-hybridized carbons (Fsp3) is 0.375. The van der Waals surface area contributed by atoms with Crippen molar-refractivity contribution in [2.24, 2.45) is 0 Å². The third-order valence-electron chi connectivity index (χ3n) is 1.57. The van der Waals surface area contributed by atoms with Crippen LogP contribution < -0.4 is 5.32 Å². The van der Waals surface area contributed by atoms with Crippen LogP contribution in [0.3, 0.4) is 0 Å². The van der Waals surface area contributed by atoms with Gasteiger partial charge in [0.2, 0.25) is 0 Å². The van der Waals surface area contributed by atoms with Gasteiger partial charge in [0, 0.05) is 18.9 Å². The highest BCUT2D eigenvalue weighted by atomic mass is 19.3. The second kappa shape index (κ2) is 5.17. The van der Waals surface area contributed by atoms with Crippen molar-refractivity contribution >= 4 is 5.82 Å². The molecule has 0 saturated carbocycles. The van der Waals surface area contributed by atoms with Crippen molar-refractivity contribution in [1.82, 2.24) is 9.97 Å². The summed E-state index contributed by atoms with van der Waals surface area (Å²) in [5.41, 5.74) is -0.000957. The number of nitrogens with zero attached hydrogens (tertiary/aromatic N) is 3. The zero-order valence-corrected chi connectivity index (χ0v) is 7.56. The van der Waals surface area contributed by atoms with Crippen LogP contribution in [-0.4, -0.2) is 34.1 Å². The topological polar surface area (TPSA) is 81.8 Å². The van der Waals surface area contributed by atoms with E-state index >= 15 is 0 Å². The number of halogens is 2. The molecule has 2 N–H and O–H groups in total. The van der Waals surface area contributed by atoms with Crippen LogP contribution in [0.2, 0.25) is 0 Å². The highest BCUT2D eigenvalue weighted by Gasteiger charge is 2.17. The molecule has 80 valence electrons. The average molecular weight is 214 g/mol. The zero-order valence-electron chi connectivity index (χ0n) is 7.56. The van der Waals surface area contributed by atoms with E-state index in [9.17, 15) is 8.78 Å². The molecule has 1 aromatic rings. The number of rotatable bonds is 4. The van der Waals surface area contributed by atoms with E-state index in [1.54, 1.807) is 6.07 Å². The van der Waals surface area contributed by atoms with Gasteiger partial charge in [-0.3, -0.25) is 0 Å². The number of aliphatic hydroxyl groups excluding tert-OH is 1. The third kappa shape index (κ3) is 3.11. The molecule has 0 radical (unpaired) electrons. The summed E-state index contributed by atoms with van der Waals surface area (Å²) in [6, 6.07) is 1.74. The lowest BCUT2D eigenvalue weighted by Crippen LogP contribution is -2.27. The van der Waals surface area contributed by atoms with Gasteiger partial charge in [-0.15, -0.1) is 0 Å². The fourth-order valence-corrected chi connectivity index (χ4v) is 0.840. The summed E-state index contributed by atoms with van der Waals surface area (Å²) in [5.74, 6) is 0.0831.